The van der Waals surface area contributed by atoms with Gasteiger partial charge in [-0.3, -0.25) is 0 Å². The molecule has 0 heterocycles. The van der Waals surface area contributed by atoms with E-state index in [9.17, 15) is 19.0 Å². The van der Waals surface area contributed by atoms with Crippen molar-refractivity contribution in [3.8, 4) is 0 Å². The molecule has 0 aromatic heterocycles. The smallest absolute Gasteiger partial charge is 0.162 e. The molecular formula is C16H18F2O2. The zero-order valence-electron chi connectivity index (χ0n) is 11.1. The average Bonchev–Trinajstić information content (AvgIpc) is 2.36. The lowest BCUT2D eigenvalue weighted by atomic mass is 9.69. The van der Waals surface area contributed by atoms with Crippen LogP contribution < -0.4 is 0 Å². The van der Waals surface area contributed by atoms with E-state index in [-0.39, 0.29) is 11.8 Å². The first-order valence-electron chi connectivity index (χ1n) is 7.05. The summed E-state index contributed by atoms with van der Waals surface area (Å²) in [6, 6.07) is 3.60. The van der Waals surface area contributed by atoms with Gasteiger partial charge < -0.3 is 10.2 Å². The second-order valence-electron chi connectivity index (χ2n) is 6.04. The average molecular weight is 280 g/mol. The number of benzene rings is 1. The van der Waals surface area contributed by atoms with Gasteiger partial charge in [-0.1, -0.05) is 6.08 Å². The van der Waals surface area contributed by atoms with Gasteiger partial charge in [0.05, 0.1) is 0 Å². The molecule has 0 aliphatic heterocycles. The Bertz CT molecular complexity index is 531. The molecule has 3 rings (SSSR count). The Balaban J connectivity index is 1.85. The third kappa shape index (κ3) is 2.76. The van der Waals surface area contributed by atoms with Crippen LogP contribution in [0.5, 0.6) is 0 Å². The van der Waals surface area contributed by atoms with Crippen molar-refractivity contribution in [3.63, 3.8) is 0 Å². The summed E-state index contributed by atoms with van der Waals surface area (Å²) in [6.45, 7) is 0. The molecule has 1 fully saturated rings. The van der Waals surface area contributed by atoms with Gasteiger partial charge in [-0.25, -0.2) is 8.78 Å². The van der Waals surface area contributed by atoms with Crippen LogP contribution in [0.1, 0.15) is 37.7 Å². The Kier molecular flexibility index (Phi) is 3.38. The second kappa shape index (κ2) is 4.93. The predicted molar refractivity (Wildman–Crippen MR) is 71.6 cm³/mol. The van der Waals surface area contributed by atoms with Crippen LogP contribution in [0.2, 0.25) is 0 Å². The van der Waals surface area contributed by atoms with E-state index in [1.807, 2.05) is 0 Å². The number of hydrogen-bond donors (Lipinski definition) is 2. The van der Waals surface area contributed by atoms with E-state index in [0.29, 0.717) is 24.8 Å². The lowest BCUT2D eigenvalue weighted by Crippen LogP contribution is -2.39. The van der Waals surface area contributed by atoms with Gasteiger partial charge in [0.25, 0.3) is 0 Å². The van der Waals surface area contributed by atoms with Crippen molar-refractivity contribution in [2.75, 3.05) is 0 Å². The SMILES string of the molecule is OC1(O)CCC2C=C(c3cc(F)cc(F)c3)CCC2C1. The van der Waals surface area contributed by atoms with Crippen LogP contribution in [0.25, 0.3) is 5.57 Å². The van der Waals surface area contributed by atoms with Gasteiger partial charge in [0.1, 0.15) is 11.6 Å². The summed E-state index contributed by atoms with van der Waals surface area (Å²) in [5.74, 6) is -2.14. The fourth-order valence-corrected chi connectivity index (χ4v) is 3.50. The first-order chi connectivity index (χ1) is 9.43. The maximum atomic E-state index is 13.3. The highest BCUT2D eigenvalue weighted by atomic mass is 19.1. The van der Waals surface area contributed by atoms with Crippen molar-refractivity contribution >= 4 is 5.57 Å². The molecule has 108 valence electrons. The van der Waals surface area contributed by atoms with Crippen LogP contribution >= 0.6 is 0 Å². The highest BCUT2D eigenvalue weighted by molar-refractivity contribution is 5.66. The number of hydrogen-bond acceptors (Lipinski definition) is 2. The van der Waals surface area contributed by atoms with Crippen LogP contribution in [0.3, 0.4) is 0 Å². The van der Waals surface area contributed by atoms with Gasteiger partial charge >= 0.3 is 0 Å². The standard InChI is InChI=1S/C16H18F2O2/c17-14-6-13(7-15(18)8-14)10-1-2-12-9-16(19,20)4-3-11(12)5-10/h5-8,11-12,19-20H,1-4,9H2. The van der Waals surface area contributed by atoms with E-state index < -0.39 is 17.4 Å². The zero-order chi connectivity index (χ0) is 14.3. The monoisotopic (exact) mass is 280 g/mol. The van der Waals surface area contributed by atoms with Crippen LogP contribution in [0, 0.1) is 23.5 Å². The first kappa shape index (κ1) is 13.7. The highest BCUT2D eigenvalue weighted by Gasteiger charge is 2.38. The van der Waals surface area contributed by atoms with Crippen molar-refractivity contribution in [2.45, 2.75) is 37.9 Å². The molecule has 0 saturated heterocycles. The van der Waals surface area contributed by atoms with E-state index >= 15 is 0 Å². The molecule has 1 aromatic rings. The van der Waals surface area contributed by atoms with Gasteiger partial charge in [0.15, 0.2) is 5.79 Å². The number of halogens is 2. The highest BCUT2D eigenvalue weighted by Crippen LogP contribution is 2.44. The van der Waals surface area contributed by atoms with Crippen molar-refractivity contribution in [1.29, 1.82) is 0 Å². The molecule has 2 atom stereocenters. The molecule has 0 radical (unpaired) electrons. The summed E-state index contributed by atoms with van der Waals surface area (Å²) < 4.78 is 26.6. The van der Waals surface area contributed by atoms with Gasteiger partial charge in [-0.15, -0.1) is 0 Å². The van der Waals surface area contributed by atoms with Gasteiger partial charge in [0, 0.05) is 18.9 Å². The van der Waals surface area contributed by atoms with E-state index in [1.165, 1.54) is 12.1 Å². The minimum Gasteiger partial charge on any atom is -0.366 e. The zero-order valence-corrected chi connectivity index (χ0v) is 11.1. The van der Waals surface area contributed by atoms with E-state index in [4.69, 9.17) is 0 Å². The van der Waals surface area contributed by atoms with E-state index in [2.05, 4.69) is 6.08 Å². The molecule has 1 saturated carbocycles. The fraction of sp³-hybridized carbons (Fsp3) is 0.500. The van der Waals surface area contributed by atoms with Crippen molar-refractivity contribution < 1.29 is 19.0 Å². The van der Waals surface area contributed by atoms with Crippen LogP contribution in [-0.2, 0) is 0 Å². The Labute approximate surface area is 116 Å². The Morgan fingerprint density at radius 3 is 2.45 bits per heavy atom. The normalized spacial score (nSPS) is 28.7. The Morgan fingerprint density at radius 2 is 1.75 bits per heavy atom. The van der Waals surface area contributed by atoms with Gasteiger partial charge in [0.2, 0.25) is 0 Å². The number of aliphatic hydroxyl groups is 2. The molecular weight excluding hydrogens is 262 g/mol. The molecule has 2 nitrogen and oxygen atoms in total. The Morgan fingerprint density at radius 1 is 1.05 bits per heavy atom. The third-order valence-electron chi connectivity index (χ3n) is 4.51. The molecule has 0 amide bonds. The predicted octanol–water partition coefficient (Wildman–Crippen LogP) is 3.24. The van der Waals surface area contributed by atoms with Crippen LogP contribution in [0.4, 0.5) is 8.78 Å². The summed E-state index contributed by atoms with van der Waals surface area (Å²) in [5, 5.41) is 19.4. The van der Waals surface area contributed by atoms with Crippen molar-refractivity contribution in [1.82, 2.24) is 0 Å². The molecule has 1 aromatic carbocycles. The number of rotatable bonds is 1. The molecule has 2 aliphatic rings. The molecule has 0 bridgehead atoms. The summed E-state index contributed by atoms with van der Waals surface area (Å²) in [4.78, 5) is 0. The maximum absolute atomic E-state index is 13.3. The quantitative estimate of drug-likeness (QED) is 0.775. The largest absolute Gasteiger partial charge is 0.366 e. The molecule has 4 heteroatoms. The van der Waals surface area contributed by atoms with Gasteiger partial charge in [-0.05, 0) is 54.4 Å². The van der Waals surface area contributed by atoms with Crippen LogP contribution in [0.15, 0.2) is 24.3 Å². The van der Waals surface area contributed by atoms with Crippen molar-refractivity contribution in [2.24, 2.45) is 11.8 Å². The number of fused-ring (bicyclic) bond motifs is 1. The summed E-state index contributed by atoms with van der Waals surface area (Å²) >= 11 is 0. The topological polar surface area (TPSA) is 40.5 Å². The minimum atomic E-state index is -1.54. The third-order valence-corrected chi connectivity index (χ3v) is 4.51. The fourth-order valence-electron chi connectivity index (χ4n) is 3.50. The van der Waals surface area contributed by atoms with E-state index in [1.54, 1.807) is 0 Å². The summed E-state index contributed by atoms with van der Waals surface area (Å²) in [7, 11) is 0. The first-order valence-corrected chi connectivity index (χ1v) is 7.05. The Hall–Kier alpha value is -1.26. The molecule has 2 N–H and O–H groups in total. The second-order valence-corrected chi connectivity index (χ2v) is 6.04. The van der Waals surface area contributed by atoms with Crippen molar-refractivity contribution in [3.05, 3.63) is 41.5 Å². The lowest BCUT2D eigenvalue weighted by Gasteiger charge is -2.40. The van der Waals surface area contributed by atoms with Crippen LogP contribution in [-0.4, -0.2) is 16.0 Å². The minimum absolute atomic E-state index is 0.251. The molecule has 2 unspecified atom stereocenters. The lowest BCUT2D eigenvalue weighted by molar-refractivity contribution is -0.196. The molecule has 0 spiro atoms. The number of allylic oxidation sites excluding steroid dienone is 2. The molecule has 20 heavy (non-hydrogen) atoms. The van der Waals surface area contributed by atoms with E-state index in [0.717, 1.165) is 24.5 Å². The summed E-state index contributed by atoms with van der Waals surface area (Å²) in [5.41, 5.74) is 1.57. The summed E-state index contributed by atoms with van der Waals surface area (Å²) in [6.07, 6.45) is 5.07. The maximum Gasteiger partial charge on any atom is 0.162 e. The molecule has 2 aliphatic carbocycles. The van der Waals surface area contributed by atoms with Gasteiger partial charge in [-0.2, -0.15) is 0 Å².